The Balaban J connectivity index is 1.38. The SMILES string of the molecule is CCC(C)c1ccc(N(c2ccccc2)c2ccc(-c3ccc4[nH]c5ccccc5c4c3)cc2)cc1. The van der Waals surface area contributed by atoms with Gasteiger partial charge in [-0.2, -0.15) is 0 Å². The Hall–Kier alpha value is -4.30. The van der Waals surface area contributed by atoms with Gasteiger partial charge in [0.2, 0.25) is 0 Å². The molecule has 0 bridgehead atoms. The maximum atomic E-state index is 3.52. The number of fused-ring (bicyclic) bond motifs is 3. The fraction of sp³-hybridized carbons (Fsp3) is 0.118. The van der Waals surface area contributed by atoms with Crippen LogP contribution in [0.1, 0.15) is 31.7 Å². The van der Waals surface area contributed by atoms with Crippen molar-refractivity contribution in [2.45, 2.75) is 26.2 Å². The van der Waals surface area contributed by atoms with E-state index in [2.05, 4.69) is 145 Å². The van der Waals surface area contributed by atoms with Crippen molar-refractivity contribution in [2.24, 2.45) is 0 Å². The average Bonchev–Trinajstić information content (AvgIpc) is 3.32. The number of para-hydroxylation sites is 2. The smallest absolute Gasteiger partial charge is 0.0465 e. The van der Waals surface area contributed by atoms with Gasteiger partial charge < -0.3 is 9.88 Å². The molecule has 36 heavy (non-hydrogen) atoms. The van der Waals surface area contributed by atoms with Crippen LogP contribution in [0.25, 0.3) is 32.9 Å². The lowest BCUT2D eigenvalue weighted by molar-refractivity contribution is 0.733. The van der Waals surface area contributed by atoms with E-state index < -0.39 is 0 Å². The van der Waals surface area contributed by atoms with E-state index >= 15 is 0 Å². The highest BCUT2D eigenvalue weighted by molar-refractivity contribution is 6.08. The van der Waals surface area contributed by atoms with Crippen LogP contribution in [0.2, 0.25) is 0 Å². The van der Waals surface area contributed by atoms with Gasteiger partial charge in [-0.1, -0.05) is 80.6 Å². The van der Waals surface area contributed by atoms with Gasteiger partial charge in [-0.05, 0) is 83.6 Å². The minimum atomic E-state index is 0.568. The third-order valence-electron chi connectivity index (χ3n) is 7.31. The van der Waals surface area contributed by atoms with E-state index in [1.54, 1.807) is 0 Å². The van der Waals surface area contributed by atoms with Crippen molar-refractivity contribution >= 4 is 38.9 Å². The van der Waals surface area contributed by atoms with Gasteiger partial charge in [-0.25, -0.2) is 0 Å². The average molecular weight is 467 g/mol. The number of aromatic nitrogens is 1. The molecule has 0 aliphatic rings. The van der Waals surface area contributed by atoms with Crippen LogP contribution in [-0.4, -0.2) is 4.98 Å². The fourth-order valence-corrected chi connectivity index (χ4v) is 5.04. The molecule has 0 spiro atoms. The zero-order chi connectivity index (χ0) is 24.5. The van der Waals surface area contributed by atoms with Crippen LogP contribution in [0.5, 0.6) is 0 Å². The van der Waals surface area contributed by atoms with Crippen LogP contribution < -0.4 is 4.90 Å². The van der Waals surface area contributed by atoms with E-state index in [1.165, 1.54) is 44.2 Å². The molecule has 1 atom stereocenters. The first-order valence-electron chi connectivity index (χ1n) is 12.8. The van der Waals surface area contributed by atoms with Crippen LogP contribution in [-0.2, 0) is 0 Å². The quantitative estimate of drug-likeness (QED) is 0.259. The van der Waals surface area contributed by atoms with E-state index in [1.807, 2.05) is 0 Å². The number of anilines is 3. The molecule has 0 saturated carbocycles. The number of hydrogen-bond donors (Lipinski definition) is 1. The lowest BCUT2D eigenvalue weighted by Crippen LogP contribution is -2.09. The van der Waals surface area contributed by atoms with Crippen molar-refractivity contribution in [3.8, 4) is 11.1 Å². The maximum Gasteiger partial charge on any atom is 0.0465 e. The molecule has 0 saturated heterocycles. The van der Waals surface area contributed by atoms with Gasteiger partial charge in [0.1, 0.15) is 0 Å². The normalized spacial score (nSPS) is 12.2. The number of aromatic amines is 1. The van der Waals surface area contributed by atoms with Crippen molar-refractivity contribution in [2.75, 3.05) is 4.90 Å². The Labute approximate surface area is 212 Å². The first kappa shape index (κ1) is 22.2. The molecule has 0 aliphatic carbocycles. The maximum absolute atomic E-state index is 3.52. The minimum Gasteiger partial charge on any atom is -0.355 e. The van der Waals surface area contributed by atoms with Crippen LogP contribution >= 0.6 is 0 Å². The largest absolute Gasteiger partial charge is 0.355 e. The topological polar surface area (TPSA) is 19.0 Å². The van der Waals surface area contributed by atoms with Gasteiger partial charge in [0.25, 0.3) is 0 Å². The van der Waals surface area contributed by atoms with Crippen LogP contribution in [0.4, 0.5) is 17.1 Å². The summed E-state index contributed by atoms with van der Waals surface area (Å²) >= 11 is 0. The molecule has 2 nitrogen and oxygen atoms in total. The zero-order valence-electron chi connectivity index (χ0n) is 20.8. The number of nitrogens with zero attached hydrogens (tertiary/aromatic N) is 1. The molecule has 0 aliphatic heterocycles. The molecule has 2 heteroatoms. The third kappa shape index (κ3) is 4.05. The van der Waals surface area contributed by atoms with E-state index in [0.29, 0.717) is 5.92 Å². The molecule has 0 amide bonds. The summed E-state index contributed by atoms with van der Waals surface area (Å²) in [4.78, 5) is 5.85. The summed E-state index contributed by atoms with van der Waals surface area (Å²) in [5.41, 5.74) is 9.65. The third-order valence-corrected chi connectivity index (χ3v) is 7.31. The predicted octanol–water partition coefficient (Wildman–Crippen LogP) is 9.97. The van der Waals surface area contributed by atoms with Crippen molar-refractivity contribution in [1.29, 1.82) is 0 Å². The molecular weight excluding hydrogens is 436 g/mol. The Morgan fingerprint density at radius 1 is 0.583 bits per heavy atom. The van der Waals surface area contributed by atoms with Crippen molar-refractivity contribution in [1.82, 2.24) is 4.98 Å². The molecular formula is C34H30N2. The minimum absolute atomic E-state index is 0.568. The Morgan fingerprint density at radius 3 is 1.89 bits per heavy atom. The molecule has 1 aromatic heterocycles. The van der Waals surface area contributed by atoms with Gasteiger partial charge in [-0.3, -0.25) is 0 Å². The lowest BCUT2D eigenvalue weighted by Gasteiger charge is -2.26. The van der Waals surface area contributed by atoms with Gasteiger partial charge in [0.15, 0.2) is 0 Å². The van der Waals surface area contributed by atoms with Gasteiger partial charge >= 0.3 is 0 Å². The zero-order valence-corrected chi connectivity index (χ0v) is 20.8. The molecule has 6 aromatic rings. The van der Waals surface area contributed by atoms with Gasteiger partial charge in [0.05, 0.1) is 0 Å². The molecule has 6 rings (SSSR count). The summed E-state index contributed by atoms with van der Waals surface area (Å²) < 4.78 is 0. The predicted molar refractivity (Wildman–Crippen MR) is 155 cm³/mol. The van der Waals surface area contributed by atoms with Crippen molar-refractivity contribution in [3.63, 3.8) is 0 Å². The van der Waals surface area contributed by atoms with E-state index in [-0.39, 0.29) is 0 Å². The Kier molecular flexibility index (Phi) is 5.79. The number of rotatable bonds is 6. The van der Waals surface area contributed by atoms with E-state index in [9.17, 15) is 0 Å². The van der Waals surface area contributed by atoms with Crippen LogP contribution in [0.3, 0.4) is 0 Å². The number of hydrogen-bond acceptors (Lipinski definition) is 1. The second kappa shape index (κ2) is 9.39. The first-order valence-corrected chi connectivity index (χ1v) is 12.8. The molecule has 0 radical (unpaired) electrons. The van der Waals surface area contributed by atoms with Gasteiger partial charge in [-0.15, -0.1) is 0 Å². The van der Waals surface area contributed by atoms with Crippen LogP contribution in [0, 0.1) is 0 Å². The highest BCUT2D eigenvalue weighted by atomic mass is 15.1. The Bertz CT molecular complexity index is 1610. The molecule has 176 valence electrons. The Morgan fingerprint density at radius 2 is 1.17 bits per heavy atom. The second-order valence-corrected chi connectivity index (χ2v) is 9.55. The van der Waals surface area contributed by atoms with Crippen LogP contribution in [0.15, 0.2) is 121 Å². The van der Waals surface area contributed by atoms with Gasteiger partial charge in [0, 0.05) is 38.9 Å². The standard InChI is InChI=1S/C34H30N2/c1-3-24(2)25-13-18-29(19-14-25)36(28-9-5-4-6-10-28)30-20-15-26(16-21-30)27-17-22-34-32(23-27)31-11-7-8-12-33(31)35-34/h4-24,35H,3H2,1-2H3. The van der Waals surface area contributed by atoms with E-state index in [0.717, 1.165) is 17.8 Å². The second-order valence-electron chi connectivity index (χ2n) is 9.55. The molecule has 0 fully saturated rings. The fourth-order valence-electron chi connectivity index (χ4n) is 5.04. The summed E-state index contributed by atoms with van der Waals surface area (Å²) in [5, 5.41) is 2.53. The summed E-state index contributed by atoms with van der Waals surface area (Å²) in [6, 6.07) is 43.7. The lowest BCUT2D eigenvalue weighted by atomic mass is 9.98. The van der Waals surface area contributed by atoms with E-state index in [4.69, 9.17) is 0 Å². The highest BCUT2D eigenvalue weighted by Crippen LogP contribution is 2.37. The summed E-state index contributed by atoms with van der Waals surface area (Å²) in [5.74, 6) is 0.568. The summed E-state index contributed by atoms with van der Waals surface area (Å²) in [6.45, 7) is 4.53. The summed E-state index contributed by atoms with van der Waals surface area (Å²) in [6.07, 6.45) is 1.15. The number of benzene rings is 5. The molecule has 1 N–H and O–H groups in total. The van der Waals surface area contributed by atoms with Crippen molar-refractivity contribution in [3.05, 3.63) is 127 Å². The summed E-state index contributed by atoms with van der Waals surface area (Å²) in [7, 11) is 0. The highest BCUT2D eigenvalue weighted by Gasteiger charge is 2.14. The first-order chi connectivity index (χ1) is 17.7. The number of nitrogens with one attached hydrogen (secondary N) is 1. The monoisotopic (exact) mass is 466 g/mol. The molecule has 1 unspecified atom stereocenters. The molecule has 5 aromatic carbocycles. The number of H-pyrrole nitrogens is 1. The van der Waals surface area contributed by atoms with Crippen molar-refractivity contribution < 1.29 is 0 Å². The molecule has 1 heterocycles.